The largest absolute Gasteiger partial charge is 0.427 e. The van der Waals surface area contributed by atoms with Crippen LogP contribution in [-0.2, 0) is 43.3 Å². The standard InChI is InChI=1S/C19H17FN4O4.C18H22N2O4.C17H19FN2O3/c1-10(20)13-9-14-17(18(26)22-13)11(8-16(25)27-14)5-6-15-23-19(28-24-15)12-4-2-3-7-21-12;1-10-9-14-15(17(22)19-10)13(8-7-12-5-3-4-6-12)16(18(23)24-14)20-11(2)21;1-9(18)14-19-15(22)13-11(7-12(21)23-16(13)20-14)6-10-2-3-17(8-10)4-5-17/h2-4,7-8,10,13H,5-6,9H2,1H3,(H,22,26);12H,1,3-9H2,2H3,(H,19,22)(H,20,21);7,9-10H,2-6,8H2,1H3,(H,19,20,22)/t;;9?,10-/m..0/s1. The summed E-state index contributed by atoms with van der Waals surface area (Å²) in [6, 6.07) is 7.29. The highest BCUT2D eigenvalue weighted by molar-refractivity contribution is 6.01. The van der Waals surface area contributed by atoms with Gasteiger partial charge in [-0.2, -0.15) is 9.97 Å². The van der Waals surface area contributed by atoms with Gasteiger partial charge in [0.05, 0.1) is 17.2 Å². The number of allylic oxidation sites excluding steroid dienone is 1. The van der Waals surface area contributed by atoms with Gasteiger partial charge in [0.25, 0.3) is 23.3 Å². The lowest BCUT2D eigenvalue weighted by molar-refractivity contribution is -0.114. The van der Waals surface area contributed by atoms with Crippen LogP contribution < -0.4 is 38.4 Å². The molecule has 0 saturated heterocycles. The summed E-state index contributed by atoms with van der Waals surface area (Å²) in [5.74, 6) is 1.13. The van der Waals surface area contributed by atoms with Gasteiger partial charge in [0.15, 0.2) is 12.0 Å². The number of aryl methyl sites for hydroxylation is 2. The fourth-order valence-corrected chi connectivity index (χ4v) is 10.8. The number of hydrogen-bond acceptors (Lipinski definition) is 15. The van der Waals surface area contributed by atoms with E-state index in [2.05, 4.69) is 47.6 Å². The highest BCUT2D eigenvalue weighted by Crippen LogP contribution is 2.60. The van der Waals surface area contributed by atoms with Gasteiger partial charge in [0.1, 0.15) is 40.3 Å². The monoisotopic (exact) mass is 1030 g/mol. The lowest BCUT2D eigenvalue weighted by Gasteiger charge is -2.26. The average Bonchev–Trinajstić information content (AvgIpc) is 3.69. The van der Waals surface area contributed by atoms with Crippen molar-refractivity contribution in [2.75, 3.05) is 5.32 Å². The molecule has 3 fully saturated rings. The molecule has 3 amide bonds. The number of aromatic nitrogens is 5. The van der Waals surface area contributed by atoms with E-state index in [1.165, 1.54) is 84.3 Å². The molecule has 4 N–H and O–H groups in total. The number of fused-ring (bicyclic) bond motifs is 3. The first-order chi connectivity index (χ1) is 35.9. The van der Waals surface area contributed by atoms with Gasteiger partial charge in [-0.1, -0.05) is 43.5 Å². The van der Waals surface area contributed by atoms with Crippen LogP contribution in [0.3, 0.4) is 0 Å². The Hall–Kier alpha value is -7.71. The van der Waals surface area contributed by atoms with Gasteiger partial charge >= 0.3 is 16.9 Å². The Kier molecular flexibility index (Phi) is 15.3. The van der Waals surface area contributed by atoms with Crippen LogP contribution in [0.4, 0.5) is 14.5 Å². The second kappa shape index (κ2) is 22.0. The molecular weight excluding hydrogens is 975 g/mol. The first-order valence-corrected chi connectivity index (χ1v) is 25.4. The number of amides is 3. The van der Waals surface area contributed by atoms with E-state index < -0.39 is 46.7 Å². The molecule has 0 radical (unpaired) electrons. The summed E-state index contributed by atoms with van der Waals surface area (Å²) < 4.78 is 47.7. The van der Waals surface area contributed by atoms with E-state index in [1.807, 2.05) is 6.07 Å². The minimum atomic E-state index is -1.43. The van der Waals surface area contributed by atoms with E-state index in [9.17, 15) is 42.3 Å². The quantitative estimate of drug-likeness (QED) is 0.0927. The Balaban J connectivity index is 0.000000139. The van der Waals surface area contributed by atoms with Crippen LogP contribution in [0.2, 0.25) is 0 Å². The van der Waals surface area contributed by atoms with Crippen molar-refractivity contribution in [3.05, 3.63) is 141 Å². The predicted octanol–water partition coefficient (Wildman–Crippen LogP) is 7.43. The Morgan fingerprint density at radius 2 is 1.64 bits per heavy atom. The number of rotatable bonds is 12. The molecule has 0 bridgehead atoms. The van der Waals surface area contributed by atoms with E-state index in [-0.39, 0.29) is 52.2 Å². The van der Waals surface area contributed by atoms with Gasteiger partial charge in [-0.15, -0.1) is 0 Å². The highest BCUT2D eigenvalue weighted by atomic mass is 19.1. The van der Waals surface area contributed by atoms with Crippen molar-refractivity contribution in [2.45, 2.75) is 142 Å². The number of pyridine rings is 1. The molecule has 8 heterocycles. The summed E-state index contributed by atoms with van der Waals surface area (Å²) in [5, 5.41) is 12.1. The third-order valence-electron chi connectivity index (χ3n) is 14.7. The molecule has 6 aromatic rings. The minimum Gasteiger partial charge on any atom is -0.427 e. The van der Waals surface area contributed by atoms with E-state index in [4.69, 9.17) is 17.8 Å². The molecule has 3 unspecified atom stereocenters. The number of anilines is 1. The molecule has 3 saturated carbocycles. The zero-order chi connectivity index (χ0) is 53.1. The second-order valence-electron chi connectivity index (χ2n) is 20.4. The molecule has 19 nitrogen and oxygen atoms in total. The van der Waals surface area contributed by atoms with Crippen LogP contribution in [-0.4, -0.2) is 55.0 Å². The van der Waals surface area contributed by atoms with Crippen molar-refractivity contribution in [3.8, 4) is 11.6 Å². The van der Waals surface area contributed by atoms with Crippen molar-refractivity contribution in [3.63, 3.8) is 0 Å². The van der Waals surface area contributed by atoms with Crippen molar-refractivity contribution in [2.24, 2.45) is 17.3 Å². The number of H-pyrrole nitrogens is 1. The third kappa shape index (κ3) is 12.1. The number of carbonyl (C=O) groups is 3. The molecule has 3 aliphatic carbocycles. The van der Waals surface area contributed by atoms with Gasteiger partial charge in [-0.05, 0) is 118 Å². The lowest BCUT2D eigenvalue weighted by atomic mass is 9.92. The number of halogens is 2. The number of alkyl halides is 2. The van der Waals surface area contributed by atoms with Crippen LogP contribution in [0.25, 0.3) is 22.7 Å². The maximum atomic E-state index is 13.6. The Labute approximate surface area is 427 Å². The number of nitrogens with zero attached hydrogens (tertiary/aromatic N) is 4. The summed E-state index contributed by atoms with van der Waals surface area (Å²) in [4.78, 5) is 99.5. The van der Waals surface area contributed by atoms with Crippen LogP contribution in [0.5, 0.6) is 0 Å². The Morgan fingerprint density at radius 1 is 0.880 bits per heavy atom. The van der Waals surface area contributed by atoms with Crippen LogP contribution in [0.1, 0.15) is 152 Å². The van der Waals surface area contributed by atoms with Gasteiger partial charge in [-0.25, -0.2) is 23.2 Å². The molecule has 4 atom stereocenters. The van der Waals surface area contributed by atoms with E-state index in [0.29, 0.717) is 100 Å². The van der Waals surface area contributed by atoms with Gasteiger partial charge in [0.2, 0.25) is 11.6 Å². The maximum absolute atomic E-state index is 13.6. The van der Waals surface area contributed by atoms with Crippen LogP contribution in [0, 0.1) is 17.3 Å². The van der Waals surface area contributed by atoms with Gasteiger partial charge in [0, 0.05) is 50.2 Å². The smallest absolute Gasteiger partial charge is 0.360 e. The molecule has 75 heavy (non-hydrogen) atoms. The van der Waals surface area contributed by atoms with E-state index in [1.54, 1.807) is 18.3 Å². The van der Waals surface area contributed by atoms with Gasteiger partial charge in [-0.3, -0.25) is 24.2 Å². The normalized spacial score (nSPS) is 19.2. The van der Waals surface area contributed by atoms with Gasteiger partial charge < -0.3 is 38.7 Å². The zero-order valence-electron chi connectivity index (χ0n) is 41.9. The first-order valence-electron chi connectivity index (χ1n) is 25.4. The number of nitrogens with one attached hydrogen (secondary N) is 4. The van der Waals surface area contributed by atoms with Crippen LogP contribution >= 0.6 is 0 Å². The maximum Gasteiger partial charge on any atom is 0.360 e. The minimum absolute atomic E-state index is 0.0603. The number of aromatic amines is 1. The molecule has 2 aliphatic heterocycles. The van der Waals surface area contributed by atoms with Crippen molar-refractivity contribution < 1.29 is 40.9 Å². The van der Waals surface area contributed by atoms with E-state index in [0.717, 1.165) is 12.8 Å². The predicted molar refractivity (Wildman–Crippen MR) is 268 cm³/mol. The summed E-state index contributed by atoms with van der Waals surface area (Å²) >= 11 is 0. The fraction of sp³-hybridized carbons (Fsp3) is 0.463. The Bertz CT molecular complexity index is 3410. The van der Waals surface area contributed by atoms with Crippen molar-refractivity contribution >= 4 is 34.5 Å². The van der Waals surface area contributed by atoms with Crippen LogP contribution in [0.15, 0.2) is 85.8 Å². The van der Waals surface area contributed by atoms with E-state index >= 15 is 0 Å². The summed E-state index contributed by atoms with van der Waals surface area (Å²) in [7, 11) is 0. The molecule has 21 heteroatoms. The zero-order valence-corrected chi connectivity index (χ0v) is 41.9. The second-order valence-corrected chi connectivity index (χ2v) is 20.4. The average molecular weight is 1030 g/mol. The molecule has 394 valence electrons. The SMILES string of the molecule is C=C1Cc2oc(=O)c(NC(C)=O)c(CCC3CCCC3)c2C(=O)N1.CC(F)C1Cc2oc(=O)cc(CCc3noc(-c4ccccn4)n3)c2C(=O)N1.CC(F)c1nc2oc(=O)cc(C[C@@H]3CCC4(CC4)C3)c2c(=O)[nH]1. The summed E-state index contributed by atoms with van der Waals surface area (Å²) in [6.07, 6.45) is 13.2. The molecule has 0 aromatic carbocycles. The third-order valence-corrected chi connectivity index (χ3v) is 14.7. The highest BCUT2D eigenvalue weighted by Gasteiger charge is 2.48. The van der Waals surface area contributed by atoms with Crippen molar-refractivity contribution in [1.29, 1.82) is 0 Å². The van der Waals surface area contributed by atoms with Crippen molar-refractivity contribution in [1.82, 2.24) is 35.7 Å². The molecule has 1 spiro atoms. The summed E-state index contributed by atoms with van der Waals surface area (Å²) in [6.45, 7) is 7.71. The molecule has 6 aromatic heterocycles. The number of carbonyl (C=O) groups excluding carboxylic acids is 3. The molecular formula is C54H58F2N8O11. The summed E-state index contributed by atoms with van der Waals surface area (Å²) in [5.41, 5.74) is 1.93. The molecule has 5 aliphatic rings. The molecule has 11 rings (SSSR count). The number of hydrogen-bond donors (Lipinski definition) is 4. The first kappa shape index (κ1) is 52.2. The topological polar surface area (TPSA) is 275 Å². The fourth-order valence-electron chi connectivity index (χ4n) is 10.8. The Morgan fingerprint density at radius 3 is 2.33 bits per heavy atom. The lowest BCUT2D eigenvalue weighted by Crippen LogP contribution is -2.46.